The van der Waals surface area contributed by atoms with Gasteiger partial charge in [-0.05, 0) is 0 Å². The SMILES string of the molecule is O=C1NC[C@H]1C(O)C(F)(F)F. The van der Waals surface area contributed by atoms with Gasteiger partial charge in [0.2, 0.25) is 5.91 Å². The highest BCUT2D eigenvalue weighted by Crippen LogP contribution is 2.27. The number of hydrogen-bond donors (Lipinski definition) is 2. The Morgan fingerprint density at radius 1 is 1.64 bits per heavy atom. The van der Waals surface area contributed by atoms with Crippen molar-refractivity contribution in [1.29, 1.82) is 0 Å². The van der Waals surface area contributed by atoms with Crippen molar-refractivity contribution in [3.8, 4) is 0 Å². The van der Waals surface area contributed by atoms with Crippen LogP contribution in [0, 0.1) is 5.92 Å². The molecule has 2 N–H and O–H groups in total. The molecular formula is C5H6F3NO2. The Hall–Kier alpha value is -0.780. The molecule has 0 aromatic rings. The van der Waals surface area contributed by atoms with E-state index in [-0.39, 0.29) is 6.54 Å². The number of halogens is 3. The molecule has 11 heavy (non-hydrogen) atoms. The number of β-lactam (4-membered cyclic amide) rings is 1. The lowest BCUT2D eigenvalue weighted by molar-refractivity contribution is -0.223. The molecule has 64 valence electrons. The van der Waals surface area contributed by atoms with Gasteiger partial charge in [-0.1, -0.05) is 0 Å². The summed E-state index contributed by atoms with van der Waals surface area (Å²) >= 11 is 0. The van der Waals surface area contributed by atoms with Gasteiger partial charge in [0.05, 0.1) is 5.92 Å². The van der Waals surface area contributed by atoms with Gasteiger partial charge in [-0.2, -0.15) is 13.2 Å². The van der Waals surface area contributed by atoms with E-state index in [9.17, 15) is 18.0 Å². The molecule has 0 aromatic heterocycles. The van der Waals surface area contributed by atoms with Crippen molar-refractivity contribution in [3.05, 3.63) is 0 Å². The Morgan fingerprint density at radius 3 is 2.27 bits per heavy atom. The van der Waals surface area contributed by atoms with Gasteiger partial charge in [0, 0.05) is 6.54 Å². The van der Waals surface area contributed by atoms with Crippen molar-refractivity contribution < 1.29 is 23.1 Å². The van der Waals surface area contributed by atoms with Gasteiger partial charge in [0.25, 0.3) is 0 Å². The summed E-state index contributed by atoms with van der Waals surface area (Å²) < 4.78 is 35.0. The first-order chi connectivity index (χ1) is 4.93. The number of aliphatic hydroxyl groups is 1. The van der Waals surface area contributed by atoms with Crippen molar-refractivity contribution >= 4 is 5.91 Å². The molecule has 1 fully saturated rings. The van der Waals surface area contributed by atoms with Crippen LogP contribution in [0.5, 0.6) is 0 Å². The Balaban J connectivity index is 2.54. The summed E-state index contributed by atoms with van der Waals surface area (Å²) in [5, 5.41) is 10.6. The Bertz CT molecular complexity index is 179. The van der Waals surface area contributed by atoms with E-state index in [1.165, 1.54) is 0 Å². The molecule has 1 aliphatic heterocycles. The second kappa shape index (κ2) is 2.37. The van der Waals surface area contributed by atoms with E-state index < -0.39 is 24.1 Å². The Labute approximate surface area is 60.2 Å². The molecule has 2 atom stereocenters. The van der Waals surface area contributed by atoms with Gasteiger partial charge in [-0.25, -0.2) is 0 Å². The van der Waals surface area contributed by atoms with Gasteiger partial charge in [-0.15, -0.1) is 0 Å². The fraction of sp³-hybridized carbons (Fsp3) is 0.800. The van der Waals surface area contributed by atoms with Crippen molar-refractivity contribution in [1.82, 2.24) is 5.32 Å². The minimum atomic E-state index is -4.69. The second-order valence-corrected chi connectivity index (χ2v) is 2.34. The van der Waals surface area contributed by atoms with Crippen LogP contribution in [0.3, 0.4) is 0 Å². The van der Waals surface area contributed by atoms with Crippen LogP contribution in [-0.2, 0) is 4.79 Å². The summed E-state index contributed by atoms with van der Waals surface area (Å²) in [6, 6.07) is 0. The number of rotatable bonds is 1. The largest absolute Gasteiger partial charge is 0.415 e. The zero-order valence-corrected chi connectivity index (χ0v) is 5.35. The maximum Gasteiger partial charge on any atom is 0.415 e. The summed E-state index contributed by atoms with van der Waals surface area (Å²) in [5.41, 5.74) is 0. The molecule has 1 aliphatic rings. The first kappa shape index (κ1) is 8.32. The molecule has 0 spiro atoms. The molecule has 0 radical (unpaired) electrons. The molecule has 0 saturated carbocycles. The van der Waals surface area contributed by atoms with E-state index >= 15 is 0 Å². The number of alkyl halides is 3. The first-order valence-electron chi connectivity index (χ1n) is 2.95. The predicted octanol–water partition coefficient (Wildman–Crippen LogP) is -0.344. The number of nitrogens with one attached hydrogen (secondary N) is 1. The second-order valence-electron chi connectivity index (χ2n) is 2.34. The lowest BCUT2D eigenvalue weighted by Crippen LogP contribution is -2.57. The average Bonchev–Trinajstić information content (AvgIpc) is 1.83. The third kappa shape index (κ3) is 1.45. The highest BCUT2D eigenvalue weighted by atomic mass is 19.4. The Morgan fingerprint density at radius 2 is 2.18 bits per heavy atom. The van der Waals surface area contributed by atoms with Crippen LogP contribution in [-0.4, -0.2) is 29.8 Å². The van der Waals surface area contributed by atoms with Crippen LogP contribution in [0.1, 0.15) is 0 Å². The molecule has 1 saturated heterocycles. The van der Waals surface area contributed by atoms with Crippen LogP contribution >= 0.6 is 0 Å². The monoisotopic (exact) mass is 169 g/mol. The summed E-state index contributed by atoms with van der Waals surface area (Å²) in [7, 11) is 0. The van der Waals surface area contributed by atoms with Crippen LogP contribution in [0.2, 0.25) is 0 Å². The highest BCUT2D eigenvalue weighted by molar-refractivity contribution is 5.85. The highest BCUT2D eigenvalue weighted by Gasteiger charge is 2.49. The van der Waals surface area contributed by atoms with E-state index in [2.05, 4.69) is 5.32 Å². The van der Waals surface area contributed by atoms with Gasteiger partial charge in [0.1, 0.15) is 0 Å². The maximum atomic E-state index is 11.7. The molecule has 1 rings (SSSR count). The van der Waals surface area contributed by atoms with Crippen molar-refractivity contribution in [2.24, 2.45) is 5.92 Å². The van der Waals surface area contributed by atoms with Gasteiger partial charge >= 0.3 is 6.18 Å². The molecule has 0 aliphatic carbocycles. The van der Waals surface area contributed by atoms with Crippen molar-refractivity contribution in [2.75, 3.05) is 6.54 Å². The Kier molecular flexibility index (Phi) is 1.79. The first-order valence-corrected chi connectivity index (χ1v) is 2.95. The van der Waals surface area contributed by atoms with E-state index in [1.807, 2.05) is 0 Å². The van der Waals surface area contributed by atoms with Crippen molar-refractivity contribution in [3.63, 3.8) is 0 Å². The third-order valence-electron chi connectivity index (χ3n) is 1.55. The van der Waals surface area contributed by atoms with Gasteiger partial charge in [-0.3, -0.25) is 4.79 Å². The van der Waals surface area contributed by atoms with Gasteiger partial charge < -0.3 is 10.4 Å². The van der Waals surface area contributed by atoms with E-state index in [4.69, 9.17) is 5.11 Å². The summed E-state index contributed by atoms with van der Waals surface area (Å²) in [5.74, 6) is -2.05. The quantitative estimate of drug-likeness (QED) is 0.527. The third-order valence-corrected chi connectivity index (χ3v) is 1.55. The zero-order valence-electron chi connectivity index (χ0n) is 5.35. The molecule has 6 heteroatoms. The zero-order chi connectivity index (χ0) is 8.65. The lowest BCUT2D eigenvalue weighted by atomic mass is 9.95. The minimum absolute atomic E-state index is 0.0977. The number of carbonyl (C=O) groups excluding carboxylic acids is 1. The minimum Gasteiger partial charge on any atom is -0.383 e. The van der Waals surface area contributed by atoms with Crippen LogP contribution in [0.15, 0.2) is 0 Å². The fourth-order valence-corrected chi connectivity index (χ4v) is 0.786. The summed E-state index contributed by atoms with van der Waals surface area (Å²) in [6.45, 7) is -0.0977. The number of hydrogen-bond acceptors (Lipinski definition) is 2. The standard InChI is InChI=1S/C5H6F3NO2/c6-5(7,8)3(10)2-1-9-4(2)11/h2-3,10H,1H2,(H,9,11)/t2-,3?/m0/s1. The molecule has 3 nitrogen and oxygen atoms in total. The predicted molar refractivity (Wildman–Crippen MR) is 28.6 cm³/mol. The molecule has 1 unspecified atom stereocenters. The molecule has 1 heterocycles. The average molecular weight is 169 g/mol. The number of carbonyl (C=O) groups is 1. The molecular weight excluding hydrogens is 163 g/mol. The van der Waals surface area contributed by atoms with Crippen LogP contribution in [0.25, 0.3) is 0 Å². The van der Waals surface area contributed by atoms with E-state index in [0.717, 1.165) is 0 Å². The number of aliphatic hydroxyl groups excluding tert-OH is 1. The van der Waals surface area contributed by atoms with Gasteiger partial charge in [0.15, 0.2) is 6.10 Å². The summed E-state index contributed by atoms with van der Waals surface area (Å²) in [4.78, 5) is 10.3. The molecule has 1 amide bonds. The smallest absolute Gasteiger partial charge is 0.383 e. The van der Waals surface area contributed by atoms with Crippen LogP contribution in [0.4, 0.5) is 13.2 Å². The van der Waals surface area contributed by atoms with Crippen LogP contribution < -0.4 is 5.32 Å². The maximum absolute atomic E-state index is 11.7. The normalized spacial score (nSPS) is 27.3. The lowest BCUT2D eigenvalue weighted by Gasteiger charge is -2.30. The molecule has 0 bridgehead atoms. The van der Waals surface area contributed by atoms with Crippen molar-refractivity contribution in [2.45, 2.75) is 12.3 Å². The van der Waals surface area contributed by atoms with E-state index in [1.54, 1.807) is 0 Å². The van der Waals surface area contributed by atoms with E-state index in [0.29, 0.717) is 0 Å². The molecule has 0 aromatic carbocycles. The summed E-state index contributed by atoms with van der Waals surface area (Å²) in [6.07, 6.45) is -7.21. The number of amides is 1. The topological polar surface area (TPSA) is 49.3 Å². The fourth-order valence-electron chi connectivity index (χ4n) is 0.786.